The molecule has 0 aliphatic heterocycles. The Kier molecular flexibility index (Phi) is 9.33. The van der Waals surface area contributed by atoms with Crippen LogP contribution in [0.15, 0.2) is 83.4 Å². The zero-order valence-corrected chi connectivity index (χ0v) is 24.7. The second kappa shape index (κ2) is 13.1. The monoisotopic (exact) mass is 588 g/mol. The first kappa shape index (κ1) is 29.8. The Hall–Kier alpha value is -3.63. The number of ether oxygens (including phenoxy) is 1. The van der Waals surface area contributed by atoms with Crippen molar-refractivity contribution in [3.63, 3.8) is 0 Å². The molecular formula is C33H36N2O6S. The summed E-state index contributed by atoms with van der Waals surface area (Å²) in [6, 6.07) is 25.7. The van der Waals surface area contributed by atoms with Gasteiger partial charge in [0, 0.05) is 30.6 Å². The third kappa shape index (κ3) is 6.71. The molecular weight excluding hydrogens is 552 g/mol. The number of carbonyl (C=O) groups is 1. The van der Waals surface area contributed by atoms with Crippen LogP contribution in [0.2, 0.25) is 0 Å². The van der Waals surface area contributed by atoms with Crippen LogP contribution in [-0.4, -0.2) is 55.1 Å². The van der Waals surface area contributed by atoms with E-state index in [1.165, 1.54) is 4.31 Å². The number of hydrogen-bond acceptors (Lipinski definition) is 6. The van der Waals surface area contributed by atoms with Gasteiger partial charge in [0.2, 0.25) is 11.3 Å². The predicted octanol–water partition coefficient (Wildman–Crippen LogP) is 5.50. The van der Waals surface area contributed by atoms with Crippen molar-refractivity contribution in [3.05, 3.63) is 101 Å². The first-order chi connectivity index (χ1) is 20.3. The van der Waals surface area contributed by atoms with Crippen LogP contribution in [0.25, 0.3) is 22.5 Å². The van der Waals surface area contributed by atoms with E-state index in [0.29, 0.717) is 31.0 Å². The molecule has 0 saturated heterocycles. The highest BCUT2D eigenvalue weighted by Gasteiger charge is 2.52. The predicted molar refractivity (Wildman–Crippen MR) is 162 cm³/mol. The molecule has 0 amide bonds. The van der Waals surface area contributed by atoms with Gasteiger partial charge in [0.1, 0.15) is 0 Å². The van der Waals surface area contributed by atoms with E-state index in [1.807, 2.05) is 92.7 Å². The second-order valence-electron chi connectivity index (χ2n) is 10.7. The topological polar surface area (TPSA) is 113 Å². The molecule has 4 aromatic rings. The van der Waals surface area contributed by atoms with Crippen LogP contribution in [0.3, 0.4) is 0 Å². The molecule has 1 aliphatic carbocycles. The molecule has 0 bridgehead atoms. The van der Waals surface area contributed by atoms with Crippen LogP contribution >= 0.6 is 0 Å². The van der Waals surface area contributed by atoms with E-state index >= 15 is 0 Å². The van der Waals surface area contributed by atoms with Gasteiger partial charge in [-0.15, -0.1) is 0 Å². The standard InChI is InChI=1S/C33H36N2O6S/c1-3-40-32(37)33(18-19-33)28-15-13-26(14-16-28)25-9-11-27(12-10-25)31-30(23(2)34-41-31)21-29(36)22-35(42(38)39)20-17-24-7-5-4-6-8-24/h4-16,29,36H,3,17-22H2,1-2H3,(H,38,39). The molecule has 5 rings (SSSR count). The van der Waals surface area contributed by atoms with E-state index in [-0.39, 0.29) is 18.9 Å². The number of carbonyl (C=O) groups excluding carboxylic acids is 1. The second-order valence-corrected chi connectivity index (χ2v) is 11.7. The molecule has 2 unspecified atom stereocenters. The number of aryl methyl sites for hydroxylation is 1. The van der Waals surface area contributed by atoms with E-state index in [9.17, 15) is 18.7 Å². The lowest BCUT2D eigenvalue weighted by Crippen LogP contribution is -2.36. The zero-order chi connectivity index (χ0) is 29.7. The van der Waals surface area contributed by atoms with Crippen molar-refractivity contribution in [2.45, 2.75) is 51.0 Å². The maximum Gasteiger partial charge on any atom is 0.316 e. The lowest BCUT2D eigenvalue weighted by Gasteiger charge is -2.21. The highest BCUT2D eigenvalue weighted by molar-refractivity contribution is 7.76. The van der Waals surface area contributed by atoms with E-state index in [0.717, 1.165) is 46.2 Å². The van der Waals surface area contributed by atoms with E-state index in [2.05, 4.69) is 5.16 Å². The minimum Gasteiger partial charge on any atom is -0.465 e. The Bertz CT molecular complexity index is 1510. The summed E-state index contributed by atoms with van der Waals surface area (Å²) in [5.41, 5.74) is 5.86. The number of hydrogen-bond donors (Lipinski definition) is 2. The molecule has 42 heavy (non-hydrogen) atoms. The maximum absolute atomic E-state index is 12.4. The molecule has 3 aromatic carbocycles. The van der Waals surface area contributed by atoms with E-state index in [1.54, 1.807) is 0 Å². The minimum absolute atomic E-state index is 0.0341. The summed E-state index contributed by atoms with van der Waals surface area (Å²) in [6.07, 6.45) is 1.57. The first-order valence-electron chi connectivity index (χ1n) is 14.2. The van der Waals surface area contributed by atoms with Crippen molar-refractivity contribution < 1.29 is 27.9 Å². The van der Waals surface area contributed by atoms with Crippen molar-refractivity contribution >= 4 is 17.2 Å². The van der Waals surface area contributed by atoms with Crippen LogP contribution in [0, 0.1) is 6.92 Å². The van der Waals surface area contributed by atoms with Crippen LogP contribution in [-0.2, 0) is 39.1 Å². The molecule has 2 atom stereocenters. The van der Waals surface area contributed by atoms with Crippen LogP contribution in [0.5, 0.6) is 0 Å². The Morgan fingerprint density at radius 3 is 2.24 bits per heavy atom. The van der Waals surface area contributed by atoms with Gasteiger partial charge in [-0.05, 0) is 55.4 Å². The van der Waals surface area contributed by atoms with Crippen molar-refractivity contribution in [2.75, 3.05) is 19.7 Å². The summed E-state index contributed by atoms with van der Waals surface area (Å²) in [5.74, 6) is 0.425. The fraction of sp³-hybridized carbons (Fsp3) is 0.333. The Morgan fingerprint density at radius 2 is 1.64 bits per heavy atom. The van der Waals surface area contributed by atoms with Crippen molar-refractivity contribution in [1.82, 2.24) is 9.46 Å². The van der Waals surface area contributed by atoms with Gasteiger partial charge in [-0.2, -0.15) is 4.31 Å². The first-order valence-corrected chi connectivity index (χ1v) is 15.3. The molecule has 1 aliphatic rings. The number of nitrogens with zero attached hydrogens (tertiary/aromatic N) is 2. The summed E-state index contributed by atoms with van der Waals surface area (Å²) in [6.45, 7) is 4.41. The van der Waals surface area contributed by atoms with Crippen molar-refractivity contribution in [1.29, 1.82) is 0 Å². The normalized spacial score (nSPS) is 15.4. The van der Waals surface area contributed by atoms with Gasteiger partial charge in [0.05, 0.1) is 23.8 Å². The van der Waals surface area contributed by atoms with Crippen LogP contribution in [0.1, 0.15) is 42.1 Å². The average molecular weight is 589 g/mol. The number of rotatable bonds is 13. The summed E-state index contributed by atoms with van der Waals surface area (Å²) in [5, 5.41) is 15.0. The molecule has 1 heterocycles. The number of aliphatic hydroxyl groups is 1. The Morgan fingerprint density at radius 1 is 1.02 bits per heavy atom. The quantitative estimate of drug-likeness (QED) is 0.157. The SMILES string of the molecule is CCOC(=O)C1(c2ccc(-c3ccc(-c4onc(C)c4CC(O)CN(CCc4ccccc4)S(=O)O)cc3)cc2)CC1. The lowest BCUT2D eigenvalue weighted by molar-refractivity contribution is -0.146. The highest BCUT2D eigenvalue weighted by atomic mass is 32.2. The van der Waals surface area contributed by atoms with Gasteiger partial charge >= 0.3 is 5.97 Å². The van der Waals surface area contributed by atoms with Crippen LogP contribution in [0.4, 0.5) is 0 Å². The Balaban J connectivity index is 1.25. The molecule has 0 spiro atoms. The summed E-state index contributed by atoms with van der Waals surface area (Å²) in [4.78, 5) is 12.4. The lowest BCUT2D eigenvalue weighted by atomic mass is 9.93. The molecule has 220 valence electrons. The molecule has 2 N–H and O–H groups in total. The fourth-order valence-corrected chi connectivity index (χ4v) is 5.87. The van der Waals surface area contributed by atoms with Gasteiger partial charge in [-0.3, -0.25) is 9.35 Å². The third-order valence-electron chi connectivity index (χ3n) is 7.89. The van der Waals surface area contributed by atoms with Gasteiger partial charge in [0.25, 0.3) is 0 Å². The van der Waals surface area contributed by atoms with E-state index < -0.39 is 22.8 Å². The summed E-state index contributed by atoms with van der Waals surface area (Å²) < 4.78 is 34.1. The third-order valence-corrected chi connectivity index (χ3v) is 8.66. The molecule has 8 nitrogen and oxygen atoms in total. The number of aromatic nitrogens is 1. The smallest absolute Gasteiger partial charge is 0.316 e. The average Bonchev–Trinajstić information content (AvgIpc) is 3.74. The van der Waals surface area contributed by atoms with Crippen molar-refractivity contribution in [2.24, 2.45) is 0 Å². The van der Waals surface area contributed by atoms with Gasteiger partial charge in [0.15, 0.2) is 5.76 Å². The fourth-order valence-electron chi connectivity index (χ4n) is 5.32. The Labute approximate surface area is 248 Å². The summed E-state index contributed by atoms with van der Waals surface area (Å²) in [7, 11) is 0. The molecule has 0 radical (unpaired) electrons. The molecule has 1 aromatic heterocycles. The largest absolute Gasteiger partial charge is 0.465 e. The number of benzene rings is 3. The summed E-state index contributed by atoms with van der Waals surface area (Å²) >= 11 is -2.21. The number of esters is 1. The van der Waals surface area contributed by atoms with E-state index in [4.69, 9.17) is 9.26 Å². The van der Waals surface area contributed by atoms with Gasteiger partial charge in [-0.25, -0.2) is 4.21 Å². The van der Waals surface area contributed by atoms with Crippen LogP contribution < -0.4 is 0 Å². The number of aliphatic hydroxyl groups excluding tert-OH is 1. The zero-order valence-electron chi connectivity index (χ0n) is 23.9. The van der Waals surface area contributed by atoms with Gasteiger partial charge < -0.3 is 14.4 Å². The minimum atomic E-state index is -2.21. The highest BCUT2D eigenvalue weighted by Crippen LogP contribution is 2.49. The maximum atomic E-state index is 12.4. The van der Waals surface area contributed by atoms with Gasteiger partial charge in [-0.1, -0.05) is 84.0 Å². The molecule has 1 fully saturated rings. The molecule has 1 saturated carbocycles. The van der Waals surface area contributed by atoms with Crippen molar-refractivity contribution in [3.8, 4) is 22.5 Å². The molecule has 9 heteroatoms.